The number of hydrogen-bond donors (Lipinski definition) is 1. The summed E-state index contributed by atoms with van der Waals surface area (Å²) in [7, 11) is 0. The zero-order valence-electron chi connectivity index (χ0n) is 10.7. The van der Waals surface area contributed by atoms with Gasteiger partial charge in [0, 0.05) is 23.2 Å². The Kier molecular flexibility index (Phi) is 4.72. The molecule has 0 atom stereocenters. The second-order valence-electron chi connectivity index (χ2n) is 4.47. The van der Waals surface area contributed by atoms with Gasteiger partial charge in [-0.2, -0.15) is 0 Å². The first-order chi connectivity index (χ1) is 9.11. The molecule has 102 valence electrons. The number of benzene rings is 1. The van der Waals surface area contributed by atoms with E-state index >= 15 is 0 Å². The van der Waals surface area contributed by atoms with E-state index in [1.165, 1.54) is 0 Å². The Morgan fingerprint density at radius 2 is 2.16 bits per heavy atom. The number of nitrogens with zero attached hydrogens (tertiary/aromatic N) is 1. The Labute approximate surface area is 122 Å². The first-order valence-electron chi connectivity index (χ1n) is 6.32. The molecule has 1 N–H and O–H groups in total. The van der Waals surface area contributed by atoms with Crippen molar-refractivity contribution < 1.29 is 4.79 Å². The lowest BCUT2D eigenvalue weighted by molar-refractivity contribution is -0.121. The van der Waals surface area contributed by atoms with Crippen molar-refractivity contribution in [3.05, 3.63) is 34.4 Å². The maximum absolute atomic E-state index is 11.8. The van der Waals surface area contributed by atoms with Crippen LogP contribution in [-0.2, 0) is 11.3 Å². The lowest BCUT2D eigenvalue weighted by Gasteiger charge is -2.07. The third-order valence-corrected chi connectivity index (χ3v) is 3.50. The number of halogens is 2. The Morgan fingerprint density at radius 3 is 2.89 bits per heavy atom. The van der Waals surface area contributed by atoms with Crippen LogP contribution in [0.3, 0.4) is 0 Å². The van der Waals surface area contributed by atoms with Crippen LogP contribution < -0.4 is 5.32 Å². The molecule has 0 aliphatic heterocycles. The van der Waals surface area contributed by atoms with E-state index in [-0.39, 0.29) is 12.5 Å². The minimum atomic E-state index is 0.00190. The highest BCUT2D eigenvalue weighted by atomic mass is 35.5. The van der Waals surface area contributed by atoms with Crippen molar-refractivity contribution in [2.45, 2.75) is 26.3 Å². The molecule has 0 unspecified atom stereocenters. The number of hydrogen-bond acceptors (Lipinski definition) is 1. The Bertz CT molecular complexity index is 592. The van der Waals surface area contributed by atoms with Gasteiger partial charge < -0.3 is 9.88 Å². The average Bonchev–Trinajstić information content (AvgIpc) is 2.73. The number of aromatic nitrogens is 1. The third-order valence-electron chi connectivity index (χ3n) is 2.97. The first kappa shape index (κ1) is 14.2. The van der Waals surface area contributed by atoms with Crippen LogP contribution >= 0.6 is 23.2 Å². The second-order valence-corrected chi connectivity index (χ2v) is 5.31. The first-order valence-corrected chi connectivity index (χ1v) is 7.08. The standard InChI is InChI=1S/C14H16Cl2N2O/c1-2-3-5-17-14(19)9-18-6-4-11-12(16)7-10(15)8-13(11)18/h4,6-8H,2-3,5,9H2,1H3,(H,17,19). The van der Waals surface area contributed by atoms with E-state index in [0.29, 0.717) is 10.0 Å². The molecule has 2 rings (SSSR count). The van der Waals surface area contributed by atoms with Crippen molar-refractivity contribution in [2.75, 3.05) is 6.54 Å². The van der Waals surface area contributed by atoms with Crippen molar-refractivity contribution in [2.24, 2.45) is 0 Å². The minimum Gasteiger partial charge on any atom is -0.355 e. The van der Waals surface area contributed by atoms with Crippen molar-refractivity contribution in [1.82, 2.24) is 9.88 Å². The number of rotatable bonds is 5. The predicted molar refractivity (Wildman–Crippen MR) is 79.9 cm³/mol. The number of carbonyl (C=O) groups excluding carboxylic acids is 1. The van der Waals surface area contributed by atoms with Crippen molar-refractivity contribution >= 4 is 40.0 Å². The van der Waals surface area contributed by atoms with E-state index in [0.717, 1.165) is 30.3 Å². The SMILES string of the molecule is CCCCNC(=O)Cn1ccc2c(Cl)cc(Cl)cc21. The van der Waals surface area contributed by atoms with Crippen LogP contribution in [0.4, 0.5) is 0 Å². The maximum Gasteiger partial charge on any atom is 0.239 e. The van der Waals surface area contributed by atoms with E-state index in [4.69, 9.17) is 23.2 Å². The van der Waals surface area contributed by atoms with Gasteiger partial charge in [-0.05, 0) is 24.6 Å². The quantitative estimate of drug-likeness (QED) is 0.836. The molecule has 0 aliphatic carbocycles. The molecule has 0 saturated carbocycles. The van der Waals surface area contributed by atoms with Gasteiger partial charge in [0.2, 0.25) is 5.91 Å². The van der Waals surface area contributed by atoms with Gasteiger partial charge in [0.05, 0.1) is 10.5 Å². The molecule has 5 heteroatoms. The Morgan fingerprint density at radius 1 is 1.37 bits per heavy atom. The second kappa shape index (κ2) is 6.31. The van der Waals surface area contributed by atoms with E-state index in [1.54, 1.807) is 6.07 Å². The number of amides is 1. The van der Waals surface area contributed by atoms with Crippen molar-refractivity contribution in [3.63, 3.8) is 0 Å². The summed E-state index contributed by atoms with van der Waals surface area (Å²) < 4.78 is 1.86. The Hall–Kier alpha value is -1.19. The van der Waals surface area contributed by atoms with Crippen LogP contribution in [0.1, 0.15) is 19.8 Å². The van der Waals surface area contributed by atoms with Crippen molar-refractivity contribution in [1.29, 1.82) is 0 Å². The Balaban J connectivity index is 2.15. The lowest BCUT2D eigenvalue weighted by Crippen LogP contribution is -2.28. The summed E-state index contributed by atoms with van der Waals surface area (Å²) >= 11 is 12.1. The molecule has 2 aromatic rings. The van der Waals surface area contributed by atoms with Crippen LogP contribution in [0.15, 0.2) is 24.4 Å². The lowest BCUT2D eigenvalue weighted by atomic mass is 10.2. The smallest absolute Gasteiger partial charge is 0.239 e. The fourth-order valence-electron chi connectivity index (χ4n) is 1.97. The van der Waals surface area contributed by atoms with Crippen LogP contribution in [-0.4, -0.2) is 17.0 Å². The molecule has 0 aliphatic rings. The van der Waals surface area contributed by atoms with Crippen LogP contribution in [0, 0.1) is 0 Å². The predicted octanol–water partition coefficient (Wildman–Crippen LogP) is 3.86. The van der Waals surface area contributed by atoms with Crippen LogP contribution in [0.25, 0.3) is 10.9 Å². The van der Waals surface area contributed by atoms with Crippen LogP contribution in [0.5, 0.6) is 0 Å². The summed E-state index contributed by atoms with van der Waals surface area (Å²) in [5, 5.41) is 4.98. The molecule has 0 fully saturated rings. The average molecular weight is 299 g/mol. The zero-order chi connectivity index (χ0) is 13.8. The summed E-state index contributed by atoms with van der Waals surface area (Å²) in [6, 6.07) is 5.42. The summed E-state index contributed by atoms with van der Waals surface area (Å²) in [5.41, 5.74) is 0.878. The third kappa shape index (κ3) is 3.43. The summed E-state index contributed by atoms with van der Waals surface area (Å²) in [6.07, 6.45) is 3.92. The van der Waals surface area contributed by atoms with Gasteiger partial charge in [-0.15, -0.1) is 0 Å². The fourth-order valence-corrected chi connectivity index (χ4v) is 2.52. The monoisotopic (exact) mass is 298 g/mol. The van der Waals surface area contributed by atoms with Gasteiger partial charge in [-0.1, -0.05) is 36.5 Å². The van der Waals surface area contributed by atoms with Crippen LogP contribution in [0.2, 0.25) is 10.0 Å². The van der Waals surface area contributed by atoms with Gasteiger partial charge in [0.25, 0.3) is 0 Å². The topological polar surface area (TPSA) is 34.0 Å². The number of nitrogens with one attached hydrogen (secondary N) is 1. The molecule has 19 heavy (non-hydrogen) atoms. The van der Waals surface area contributed by atoms with Crippen molar-refractivity contribution in [3.8, 4) is 0 Å². The van der Waals surface area contributed by atoms with E-state index < -0.39 is 0 Å². The number of carbonyl (C=O) groups is 1. The molecule has 1 heterocycles. The molecular formula is C14H16Cl2N2O. The van der Waals surface area contributed by atoms with Gasteiger partial charge >= 0.3 is 0 Å². The normalized spacial score (nSPS) is 10.9. The molecule has 1 aromatic carbocycles. The highest BCUT2D eigenvalue weighted by Crippen LogP contribution is 2.28. The molecule has 0 bridgehead atoms. The molecule has 3 nitrogen and oxygen atoms in total. The van der Waals surface area contributed by atoms with Gasteiger partial charge in [0.15, 0.2) is 0 Å². The fraction of sp³-hybridized carbons (Fsp3) is 0.357. The maximum atomic E-state index is 11.8. The summed E-state index contributed by atoms with van der Waals surface area (Å²) in [4.78, 5) is 11.8. The highest BCUT2D eigenvalue weighted by Gasteiger charge is 2.09. The molecule has 1 aromatic heterocycles. The number of fused-ring (bicyclic) bond motifs is 1. The molecule has 1 amide bonds. The van der Waals surface area contributed by atoms with Gasteiger partial charge in [0.1, 0.15) is 6.54 Å². The van der Waals surface area contributed by atoms with Gasteiger partial charge in [-0.25, -0.2) is 0 Å². The summed E-state index contributed by atoms with van der Waals surface area (Å²) in [6.45, 7) is 3.09. The summed E-state index contributed by atoms with van der Waals surface area (Å²) in [5.74, 6) is 0.00190. The zero-order valence-corrected chi connectivity index (χ0v) is 12.3. The highest BCUT2D eigenvalue weighted by molar-refractivity contribution is 6.38. The van der Waals surface area contributed by atoms with E-state index in [2.05, 4.69) is 12.2 Å². The molecular weight excluding hydrogens is 283 g/mol. The minimum absolute atomic E-state index is 0.00190. The largest absolute Gasteiger partial charge is 0.355 e. The van der Waals surface area contributed by atoms with E-state index in [9.17, 15) is 4.79 Å². The van der Waals surface area contributed by atoms with E-state index in [1.807, 2.05) is 22.9 Å². The number of unbranched alkanes of at least 4 members (excludes halogenated alkanes) is 1. The van der Waals surface area contributed by atoms with Gasteiger partial charge in [-0.3, -0.25) is 4.79 Å². The molecule has 0 radical (unpaired) electrons. The molecule has 0 spiro atoms. The molecule has 0 saturated heterocycles.